The van der Waals surface area contributed by atoms with Gasteiger partial charge in [-0.05, 0) is 31.9 Å². The zero-order chi connectivity index (χ0) is 15.4. The highest BCUT2D eigenvalue weighted by atomic mass is 15.5. The second-order valence-electron chi connectivity index (χ2n) is 5.72. The van der Waals surface area contributed by atoms with Crippen molar-refractivity contribution in [3.63, 3.8) is 0 Å². The summed E-state index contributed by atoms with van der Waals surface area (Å²) in [6.45, 7) is 1.92. The predicted octanol–water partition coefficient (Wildman–Crippen LogP) is 2.45. The summed E-state index contributed by atoms with van der Waals surface area (Å²) >= 11 is 0. The van der Waals surface area contributed by atoms with Crippen molar-refractivity contribution in [2.45, 2.75) is 50.9 Å². The van der Waals surface area contributed by atoms with E-state index in [0.717, 1.165) is 24.5 Å². The molecule has 1 aromatic rings. The molecule has 0 aromatic carbocycles. The van der Waals surface area contributed by atoms with Gasteiger partial charge >= 0.3 is 0 Å². The van der Waals surface area contributed by atoms with E-state index in [9.17, 15) is 5.26 Å². The van der Waals surface area contributed by atoms with Crippen molar-refractivity contribution in [1.82, 2.24) is 10.3 Å². The van der Waals surface area contributed by atoms with E-state index in [1.165, 1.54) is 12.8 Å². The maximum absolute atomic E-state index is 9.36. The van der Waals surface area contributed by atoms with E-state index >= 15 is 0 Å². The summed E-state index contributed by atoms with van der Waals surface area (Å²) < 4.78 is 0. The molecule has 1 fully saturated rings. The van der Waals surface area contributed by atoms with E-state index < -0.39 is 5.79 Å². The lowest BCUT2D eigenvalue weighted by Gasteiger charge is -2.43. The fraction of sp³-hybridized carbons (Fsp3) is 0.500. The van der Waals surface area contributed by atoms with Gasteiger partial charge in [-0.3, -0.25) is 10.2 Å². The zero-order valence-electron chi connectivity index (χ0n) is 12.7. The molecule has 2 heterocycles. The van der Waals surface area contributed by atoms with Crippen molar-refractivity contribution in [2.75, 3.05) is 4.90 Å². The van der Waals surface area contributed by atoms with E-state index in [4.69, 9.17) is 0 Å². The molecule has 1 aromatic heterocycles. The third-order valence-corrected chi connectivity index (χ3v) is 4.20. The second kappa shape index (κ2) is 6.24. The lowest BCUT2D eigenvalue weighted by atomic mass is 10.1. The molecule has 1 aliphatic heterocycles. The molecule has 3 rings (SSSR count). The average molecular weight is 296 g/mol. The molecule has 0 amide bonds. The molecular weight excluding hydrogens is 276 g/mol. The van der Waals surface area contributed by atoms with Gasteiger partial charge in [-0.1, -0.05) is 18.9 Å². The van der Waals surface area contributed by atoms with Crippen molar-refractivity contribution in [3.8, 4) is 6.07 Å². The summed E-state index contributed by atoms with van der Waals surface area (Å²) in [7, 11) is 0. The molecule has 1 aliphatic carbocycles. The molecule has 6 heteroatoms. The summed E-state index contributed by atoms with van der Waals surface area (Å²) in [5.41, 5.74) is 0. The van der Waals surface area contributed by atoms with Crippen molar-refractivity contribution in [2.24, 2.45) is 9.98 Å². The third kappa shape index (κ3) is 2.72. The summed E-state index contributed by atoms with van der Waals surface area (Å²) in [5.74, 6) is 0.722. The van der Waals surface area contributed by atoms with Crippen LogP contribution in [0.5, 0.6) is 0 Å². The quantitative estimate of drug-likeness (QED) is 0.926. The Bertz CT molecular complexity index is 611. The standard InChI is InChI=1S/C16H20N6/c1-13-19-12-20-16(9-10-17,21-14-6-2-3-7-14)22(13)15-8-4-5-11-18-15/h4-5,8,11-12,14,21H,2-3,6-7,9H2,1H3. The van der Waals surface area contributed by atoms with Crippen LogP contribution in [-0.4, -0.2) is 29.0 Å². The molecule has 1 unspecified atom stereocenters. The van der Waals surface area contributed by atoms with Gasteiger partial charge in [0.05, 0.1) is 12.5 Å². The van der Waals surface area contributed by atoms with Crippen LogP contribution in [0.15, 0.2) is 34.4 Å². The monoisotopic (exact) mass is 296 g/mol. The Kier molecular flexibility index (Phi) is 4.16. The Morgan fingerprint density at radius 2 is 2.23 bits per heavy atom. The molecule has 114 valence electrons. The third-order valence-electron chi connectivity index (χ3n) is 4.20. The van der Waals surface area contributed by atoms with E-state index in [0.29, 0.717) is 6.04 Å². The Hall–Kier alpha value is -2.26. The highest BCUT2D eigenvalue weighted by Crippen LogP contribution is 2.30. The number of hydrogen-bond acceptors (Lipinski definition) is 6. The van der Waals surface area contributed by atoms with E-state index in [1.54, 1.807) is 12.5 Å². The summed E-state index contributed by atoms with van der Waals surface area (Å²) in [6.07, 6.45) is 8.22. The smallest absolute Gasteiger partial charge is 0.208 e. The fourth-order valence-corrected chi connectivity index (χ4v) is 3.22. The molecule has 1 N–H and O–H groups in total. The molecule has 1 saturated carbocycles. The van der Waals surface area contributed by atoms with Crippen molar-refractivity contribution in [3.05, 3.63) is 24.4 Å². The number of hydrogen-bond donors (Lipinski definition) is 1. The van der Waals surface area contributed by atoms with Gasteiger partial charge in [0.25, 0.3) is 0 Å². The maximum Gasteiger partial charge on any atom is 0.208 e. The van der Waals surface area contributed by atoms with Crippen molar-refractivity contribution < 1.29 is 0 Å². The minimum Gasteiger partial charge on any atom is -0.275 e. The molecular formula is C16H20N6. The number of nitriles is 1. The highest BCUT2D eigenvalue weighted by Gasteiger charge is 2.42. The number of aliphatic imine (C=N–C) groups is 2. The predicted molar refractivity (Wildman–Crippen MR) is 86.7 cm³/mol. The lowest BCUT2D eigenvalue weighted by molar-refractivity contribution is 0.306. The number of pyridine rings is 1. The number of nitrogens with zero attached hydrogens (tertiary/aromatic N) is 5. The van der Waals surface area contributed by atoms with Gasteiger partial charge in [0.2, 0.25) is 5.79 Å². The first kappa shape index (κ1) is 14.7. The molecule has 2 aliphatic rings. The van der Waals surface area contributed by atoms with Crippen molar-refractivity contribution >= 4 is 18.0 Å². The van der Waals surface area contributed by atoms with Gasteiger partial charge in [-0.2, -0.15) is 5.26 Å². The first-order valence-electron chi connectivity index (χ1n) is 7.69. The molecule has 0 spiro atoms. The Morgan fingerprint density at radius 1 is 1.41 bits per heavy atom. The summed E-state index contributed by atoms with van der Waals surface area (Å²) in [4.78, 5) is 15.2. The molecule has 0 saturated heterocycles. The number of nitrogens with one attached hydrogen (secondary N) is 1. The minimum atomic E-state index is -0.816. The second-order valence-corrected chi connectivity index (χ2v) is 5.72. The van der Waals surface area contributed by atoms with Crippen LogP contribution in [0.25, 0.3) is 0 Å². The first-order chi connectivity index (χ1) is 10.7. The maximum atomic E-state index is 9.36. The van der Waals surface area contributed by atoms with Gasteiger partial charge in [-0.25, -0.2) is 15.0 Å². The van der Waals surface area contributed by atoms with Crippen LogP contribution in [0.4, 0.5) is 5.82 Å². The zero-order valence-corrected chi connectivity index (χ0v) is 12.7. The number of rotatable bonds is 4. The largest absolute Gasteiger partial charge is 0.275 e. The van der Waals surface area contributed by atoms with E-state index in [-0.39, 0.29) is 6.42 Å². The molecule has 0 radical (unpaired) electrons. The summed E-state index contributed by atoms with van der Waals surface area (Å²) in [6, 6.07) is 8.37. The minimum absolute atomic E-state index is 0.240. The van der Waals surface area contributed by atoms with Crippen LogP contribution < -0.4 is 10.2 Å². The van der Waals surface area contributed by atoms with Gasteiger partial charge in [-0.15, -0.1) is 0 Å². The molecule has 22 heavy (non-hydrogen) atoms. The van der Waals surface area contributed by atoms with E-state index in [1.807, 2.05) is 30.0 Å². The van der Waals surface area contributed by atoms with Crippen LogP contribution >= 0.6 is 0 Å². The van der Waals surface area contributed by atoms with E-state index in [2.05, 4.69) is 26.4 Å². The van der Waals surface area contributed by atoms with Gasteiger partial charge in [0, 0.05) is 12.2 Å². The molecule has 0 bridgehead atoms. The molecule has 6 nitrogen and oxygen atoms in total. The Labute approximate surface area is 130 Å². The van der Waals surface area contributed by atoms with Crippen LogP contribution in [0.1, 0.15) is 39.0 Å². The van der Waals surface area contributed by atoms with Gasteiger partial charge in [0.15, 0.2) is 0 Å². The lowest BCUT2D eigenvalue weighted by Crippen LogP contribution is -2.63. The number of amidine groups is 1. The Morgan fingerprint density at radius 3 is 2.91 bits per heavy atom. The van der Waals surface area contributed by atoms with Crippen molar-refractivity contribution in [1.29, 1.82) is 5.26 Å². The van der Waals surface area contributed by atoms with Crippen LogP contribution in [0.3, 0.4) is 0 Å². The van der Waals surface area contributed by atoms with Gasteiger partial charge in [0.1, 0.15) is 18.0 Å². The number of aromatic nitrogens is 1. The Balaban J connectivity index is 1.99. The highest BCUT2D eigenvalue weighted by molar-refractivity contribution is 6.01. The van der Waals surface area contributed by atoms with Crippen LogP contribution in [0.2, 0.25) is 0 Å². The average Bonchev–Trinajstić information content (AvgIpc) is 3.01. The number of anilines is 1. The summed E-state index contributed by atoms with van der Waals surface area (Å²) in [5, 5.41) is 13.0. The SMILES string of the molecule is CC1=NC=NC(CC#N)(NC2CCCC2)N1c1ccccn1. The van der Waals surface area contributed by atoms with Crippen LogP contribution in [0, 0.1) is 11.3 Å². The normalized spacial score (nSPS) is 25.1. The van der Waals surface area contributed by atoms with Crippen LogP contribution in [-0.2, 0) is 0 Å². The van der Waals surface area contributed by atoms with Gasteiger partial charge < -0.3 is 0 Å². The topological polar surface area (TPSA) is 76.7 Å². The fourth-order valence-electron chi connectivity index (χ4n) is 3.22. The first-order valence-corrected chi connectivity index (χ1v) is 7.69. The molecule has 1 atom stereocenters.